The molecule has 2 atom stereocenters. The van der Waals surface area contributed by atoms with Crippen LogP contribution in [0.15, 0.2) is 59.6 Å². The number of hydrogen-bond donors (Lipinski definition) is 1. The van der Waals surface area contributed by atoms with Gasteiger partial charge in [-0.15, -0.1) is 5.10 Å². The molecule has 0 spiro atoms. The van der Waals surface area contributed by atoms with Gasteiger partial charge in [0.25, 0.3) is 15.9 Å². The highest BCUT2D eigenvalue weighted by molar-refractivity contribution is 7.90. The van der Waals surface area contributed by atoms with Crippen molar-refractivity contribution in [3.05, 3.63) is 65.4 Å². The molecule has 1 N–H and O–H groups in total. The third kappa shape index (κ3) is 4.70. The number of nitrogens with zero attached hydrogens (tertiary/aromatic N) is 3. The van der Waals surface area contributed by atoms with Crippen LogP contribution in [0, 0.1) is 5.92 Å². The zero-order valence-electron chi connectivity index (χ0n) is 16.0. The second-order valence-electron chi connectivity index (χ2n) is 6.89. The Morgan fingerprint density at radius 1 is 1.16 bits per heavy atom. The Kier molecular flexibility index (Phi) is 5.59. The minimum atomic E-state index is -4.31. The van der Waals surface area contributed by atoms with Crippen LogP contribution >= 0.6 is 11.6 Å². The number of rotatable bonds is 6. The number of aromatic nitrogens is 3. The Morgan fingerprint density at radius 2 is 1.88 bits per heavy atom. The van der Waals surface area contributed by atoms with E-state index in [9.17, 15) is 26.4 Å². The number of nitrogens with one attached hydrogen (secondary N) is 1. The predicted octanol–water partition coefficient (Wildman–Crippen LogP) is 3.37. The molecular weight excluding hydrogens is 473 g/mol. The van der Waals surface area contributed by atoms with Gasteiger partial charge in [-0.05, 0) is 30.7 Å². The van der Waals surface area contributed by atoms with Gasteiger partial charge in [0, 0.05) is 12.3 Å². The average Bonchev–Trinajstić information content (AvgIpc) is 3.36. The number of carbonyl (C=O) groups excluding carboxylic acids is 1. The SMILES string of the molecule is O=C(NS(=O)(=O)c1ccccc1)c1ccc(-n2ccc(O[C@@H]3C[C@@H]3C(F)(F)F)n2)nc1Cl. The van der Waals surface area contributed by atoms with Crippen molar-refractivity contribution in [1.82, 2.24) is 19.5 Å². The van der Waals surface area contributed by atoms with Crippen LogP contribution in [-0.4, -0.2) is 41.4 Å². The van der Waals surface area contributed by atoms with Gasteiger partial charge in [-0.3, -0.25) is 4.79 Å². The van der Waals surface area contributed by atoms with E-state index in [0.717, 1.165) is 0 Å². The molecule has 2 aromatic heterocycles. The van der Waals surface area contributed by atoms with E-state index in [-0.39, 0.29) is 33.7 Å². The van der Waals surface area contributed by atoms with Crippen LogP contribution in [0.25, 0.3) is 5.82 Å². The molecule has 1 aliphatic rings. The van der Waals surface area contributed by atoms with E-state index in [1.165, 1.54) is 53.3 Å². The van der Waals surface area contributed by atoms with Crippen molar-refractivity contribution >= 4 is 27.5 Å². The summed E-state index contributed by atoms with van der Waals surface area (Å²) in [6.45, 7) is 0. The van der Waals surface area contributed by atoms with Crippen molar-refractivity contribution in [3.63, 3.8) is 0 Å². The molecular formula is C19H14ClF3N4O4S. The fourth-order valence-corrected chi connectivity index (χ4v) is 4.08. The first-order chi connectivity index (χ1) is 15.0. The summed E-state index contributed by atoms with van der Waals surface area (Å²) in [5.41, 5.74) is -0.190. The molecule has 0 aliphatic heterocycles. The fraction of sp³-hybridized carbons (Fsp3) is 0.211. The lowest BCUT2D eigenvalue weighted by Gasteiger charge is -2.09. The number of benzene rings is 1. The van der Waals surface area contributed by atoms with Crippen molar-refractivity contribution in [2.24, 2.45) is 5.92 Å². The minimum Gasteiger partial charge on any atom is -0.473 e. The largest absolute Gasteiger partial charge is 0.473 e. The van der Waals surface area contributed by atoms with Crippen molar-refractivity contribution < 1.29 is 31.1 Å². The lowest BCUT2D eigenvalue weighted by Crippen LogP contribution is -2.31. The molecule has 2 heterocycles. The smallest absolute Gasteiger partial charge is 0.395 e. The Bertz CT molecular complexity index is 1270. The summed E-state index contributed by atoms with van der Waals surface area (Å²) in [7, 11) is -4.10. The summed E-state index contributed by atoms with van der Waals surface area (Å²) in [4.78, 5) is 16.3. The third-order valence-electron chi connectivity index (χ3n) is 4.58. The first-order valence-electron chi connectivity index (χ1n) is 9.13. The second kappa shape index (κ2) is 8.10. The molecule has 0 radical (unpaired) electrons. The number of amides is 1. The van der Waals surface area contributed by atoms with Gasteiger partial charge < -0.3 is 4.74 Å². The van der Waals surface area contributed by atoms with Gasteiger partial charge in [-0.25, -0.2) is 22.8 Å². The summed E-state index contributed by atoms with van der Waals surface area (Å²) >= 11 is 6.06. The van der Waals surface area contributed by atoms with E-state index < -0.39 is 34.1 Å². The minimum absolute atomic E-state index is 0.0181. The average molecular weight is 487 g/mol. The van der Waals surface area contributed by atoms with E-state index in [1.807, 2.05) is 4.72 Å². The monoisotopic (exact) mass is 486 g/mol. The topological polar surface area (TPSA) is 103 Å². The zero-order valence-corrected chi connectivity index (χ0v) is 17.5. The molecule has 1 amide bonds. The van der Waals surface area contributed by atoms with Crippen molar-refractivity contribution in [3.8, 4) is 11.7 Å². The number of halogens is 4. The van der Waals surface area contributed by atoms with E-state index >= 15 is 0 Å². The Hall–Kier alpha value is -3.12. The number of ether oxygens (including phenoxy) is 1. The standard InChI is InChI=1S/C19H14ClF3N4O4S/c20-17-12(18(28)26-32(29,30)11-4-2-1-3-5-11)6-7-15(24-17)27-9-8-16(25-27)31-14-10-13(14)19(21,22)23/h1-9,13-14H,10H2,(H,26,28)/t13-,14+/m0/s1. The maximum Gasteiger partial charge on any atom is 0.395 e. The second-order valence-corrected chi connectivity index (χ2v) is 8.93. The summed E-state index contributed by atoms with van der Waals surface area (Å²) in [5, 5.41) is 3.71. The highest BCUT2D eigenvalue weighted by Gasteiger charge is 2.58. The van der Waals surface area contributed by atoms with Crippen LogP contribution in [0.1, 0.15) is 16.8 Å². The number of pyridine rings is 1. The van der Waals surface area contributed by atoms with Crippen LogP contribution in [0.4, 0.5) is 13.2 Å². The van der Waals surface area contributed by atoms with Gasteiger partial charge in [0.2, 0.25) is 5.88 Å². The number of hydrogen-bond acceptors (Lipinski definition) is 6. The van der Waals surface area contributed by atoms with Gasteiger partial charge in [-0.2, -0.15) is 13.2 Å². The van der Waals surface area contributed by atoms with E-state index in [2.05, 4.69) is 10.1 Å². The molecule has 8 nitrogen and oxygen atoms in total. The third-order valence-corrected chi connectivity index (χ3v) is 6.22. The molecule has 0 saturated heterocycles. The van der Waals surface area contributed by atoms with Crippen LogP contribution in [0.5, 0.6) is 5.88 Å². The predicted molar refractivity (Wildman–Crippen MR) is 106 cm³/mol. The van der Waals surface area contributed by atoms with Crippen molar-refractivity contribution in [2.45, 2.75) is 23.6 Å². The lowest BCUT2D eigenvalue weighted by atomic mass is 10.3. The van der Waals surface area contributed by atoms with Gasteiger partial charge in [-0.1, -0.05) is 29.8 Å². The van der Waals surface area contributed by atoms with Gasteiger partial charge in [0.15, 0.2) is 5.82 Å². The molecule has 1 fully saturated rings. The normalized spacial score (nSPS) is 18.2. The molecule has 0 unspecified atom stereocenters. The molecule has 168 valence electrons. The molecule has 1 aromatic carbocycles. The van der Waals surface area contributed by atoms with E-state index in [0.29, 0.717) is 0 Å². The molecule has 13 heteroatoms. The molecule has 4 rings (SSSR count). The summed E-state index contributed by atoms with van der Waals surface area (Å²) in [6.07, 6.45) is -4.02. The van der Waals surface area contributed by atoms with Crippen LogP contribution < -0.4 is 9.46 Å². The highest BCUT2D eigenvalue weighted by Crippen LogP contribution is 2.46. The molecule has 1 saturated carbocycles. The Labute approximate surface area is 185 Å². The van der Waals surface area contributed by atoms with E-state index in [4.69, 9.17) is 16.3 Å². The zero-order chi connectivity index (χ0) is 23.1. The maximum atomic E-state index is 12.6. The van der Waals surface area contributed by atoms with Gasteiger partial charge in [0.1, 0.15) is 11.3 Å². The van der Waals surface area contributed by atoms with E-state index in [1.54, 1.807) is 6.07 Å². The lowest BCUT2D eigenvalue weighted by molar-refractivity contribution is -0.153. The molecule has 1 aliphatic carbocycles. The number of alkyl halides is 3. The van der Waals surface area contributed by atoms with Crippen LogP contribution in [0.2, 0.25) is 5.15 Å². The maximum absolute atomic E-state index is 12.6. The number of carbonyl (C=O) groups is 1. The van der Waals surface area contributed by atoms with Gasteiger partial charge in [0.05, 0.1) is 16.4 Å². The Morgan fingerprint density at radius 3 is 2.50 bits per heavy atom. The first kappa shape index (κ1) is 22.1. The number of sulfonamides is 1. The Balaban J connectivity index is 1.46. The first-order valence-corrected chi connectivity index (χ1v) is 11.0. The summed E-state index contributed by atoms with van der Waals surface area (Å²) in [5.74, 6) is -2.36. The summed E-state index contributed by atoms with van der Waals surface area (Å²) in [6, 6.07) is 11.3. The molecule has 32 heavy (non-hydrogen) atoms. The molecule has 0 bridgehead atoms. The van der Waals surface area contributed by atoms with Crippen molar-refractivity contribution in [2.75, 3.05) is 0 Å². The summed E-state index contributed by atoms with van der Waals surface area (Å²) < 4.78 is 70.8. The molecule has 3 aromatic rings. The fourth-order valence-electron chi connectivity index (χ4n) is 2.86. The van der Waals surface area contributed by atoms with Crippen LogP contribution in [-0.2, 0) is 10.0 Å². The van der Waals surface area contributed by atoms with Crippen molar-refractivity contribution in [1.29, 1.82) is 0 Å². The highest BCUT2D eigenvalue weighted by atomic mass is 35.5. The van der Waals surface area contributed by atoms with Crippen LogP contribution in [0.3, 0.4) is 0 Å². The quantitative estimate of drug-likeness (QED) is 0.536. The van der Waals surface area contributed by atoms with Gasteiger partial charge >= 0.3 is 6.18 Å².